The van der Waals surface area contributed by atoms with Gasteiger partial charge in [0.05, 0.1) is 19.4 Å². The number of morpholine rings is 1. The van der Waals surface area contributed by atoms with Crippen LogP contribution in [0, 0.1) is 0 Å². The molecule has 0 amide bonds. The minimum Gasteiger partial charge on any atom is -0.374 e. The molecule has 0 aromatic carbocycles. The summed E-state index contributed by atoms with van der Waals surface area (Å²) in [6.07, 6.45) is 0.748. The van der Waals surface area contributed by atoms with E-state index in [4.69, 9.17) is 10.5 Å². The second kappa shape index (κ2) is 5.52. The van der Waals surface area contributed by atoms with Gasteiger partial charge in [-0.1, -0.05) is 0 Å². The van der Waals surface area contributed by atoms with E-state index in [1.54, 1.807) is 0 Å². The highest BCUT2D eigenvalue weighted by Gasteiger charge is 2.24. The van der Waals surface area contributed by atoms with Crippen LogP contribution in [0.5, 0.6) is 0 Å². The number of halogens is 1. The largest absolute Gasteiger partial charge is 0.374 e. The van der Waals surface area contributed by atoms with Crippen molar-refractivity contribution < 1.29 is 9.13 Å². The highest BCUT2D eigenvalue weighted by molar-refractivity contribution is 4.77. The third-order valence-corrected chi connectivity index (χ3v) is 2.48. The molecule has 1 aliphatic heterocycles. The van der Waals surface area contributed by atoms with Crippen molar-refractivity contribution in [2.45, 2.75) is 25.5 Å². The molecule has 2 N–H and O–H groups in total. The topological polar surface area (TPSA) is 38.5 Å². The fourth-order valence-electron chi connectivity index (χ4n) is 1.59. The van der Waals surface area contributed by atoms with Gasteiger partial charge in [0, 0.05) is 25.7 Å². The Kier molecular flexibility index (Phi) is 4.62. The Bertz CT molecular complexity index is 146. The van der Waals surface area contributed by atoms with E-state index in [1.807, 2.05) is 0 Å². The van der Waals surface area contributed by atoms with Crippen molar-refractivity contribution in [1.82, 2.24) is 4.90 Å². The third kappa shape index (κ3) is 3.21. The summed E-state index contributed by atoms with van der Waals surface area (Å²) in [6, 6.07) is 0.398. The molecule has 0 aromatic rings. The summed E-state index contributed by atoms with van der Waals surface area (Å²) in [4.78, 5) is 2.25. The molecule has 13 heavy (non-hydrogen) atoms. The van der Waals surface area contributed by atoms with Crippen LogP contribution in [-0.4, -0.2) is 50.0 Å². The minimum atomic E-state index is -0.239. The van der Waals surface area contributed by atoms with Gasteiger partial charge < -0.3 is 10.5 Å². The Balaban J connectivity index is 2.31. The number of hydrogen-bond donors (Lipinski definition) is 1. The standard InChI is InChI=1S/C9H19FN2O/c1-8-7-13-9(5-11)6-12(8)4-2-3-10/h8-9H,2-7,11H2,1H3. The summed E-state index contributed by atoms with van der Waals surface area (Å²) in [7, 11) is 0. The van der Waals surface area contributed by atoms with Gasteiger partial charge in [-0.3, -0.25) is 9.29 Å². The van der Waals surface area contributed by atoms with Crippen molar-refractivity contribution in [2.75, 3.05) is 32.9 Å². The maximum atomic E-state index is 12.0. The first-order valence-electron chi connectivity index (χ1n) is 4.89. The first-order valence-corrected chi connectivity index (χ1v) is 4.89. The molecule has 0 radical (unpaired) electrons. The maximum absolute atomic E-state index is 12.0. The molecule has 2 atom stereocenters. The molecule has 0 spiro atoms. The van der Waals surface area contributed by atoms with Gasteiger partial charge >= 0.3 is 0 Å². The zero-order chi connectivity index (χ0) is 9.68. The summed E-state index contributed by atoms with van der Waals surface area (Å²) >= 11 is 0. The van der Waals surface area contributed by atoms with Gasteiger partial charge in [-0.25, -0.2) is 0 Å². The Morgan fingerprint density at radius 2 is 2.38 bits per heavy atom. The minimum absolute atomic E-state index is 0.135. The first-order chi connectivity index (χ1) is 6.27. The van der Waals surface area contributed by atoms with Crippen molar-refractivity contribution in [1.29, 1.82) is 0 Å². The van der Waals surface area contributed by atoms with Crippen LogP contribution in [0.2, 0.25) is 0 Å². The van der Waals surface area contributed by atoms with E-state index in [0.29, 0.717) is 25.6 Å². The van der Waals surface area contributed by atoms with E-state index in [9.17, 15) is 4.39 Å². The van der Waals surface area contributed by atoms with E-state index in [1.165, 1.54) is 0 Å². The van der Waals surface area contributed by atoms with Gasteiger partial charge in [0.15, 0.2) is 0 Å². The van der Waals surface area contributed by atoms with Crippen molar-refractivity contribution >= 4 is 0 Å². The van der Waals surface area contributed by atoms with Gasteiger partial charge in [0.2, 0.25) is 0 Å². The van der Waals surface area contributed by atoms with Crippen LogP contribution >= 0.6 is 0 Å². The number of ether oxygens (including phenoxy) is 1. The van der Waals surface area contributed by atoms with Gasteiger partial charge in [0.25, 0.3) is 0 Å². The summed E-state index contributed by atoms with van der Waals surface area (Å²) in [6.45, 7) is 4.80. The van der Waals surface area contributed by atoms with Crippen molar-refractivity contribution in [2.24, 2.45) is 5.73 Å². The van der Waals surface area contributed by atoms with Crippen LogP contribution in [0.25, 0.3) is 0 Å². The molecule has 1 saturated heterocycles. The molecular weight excluding hydrogens is 171 g/mol. The van der Waals surface area contributed by atoms with E-state index in [-0.39, 0.29) is 12.8 Å². The Hall–Kier alpha value is -0.190. The average molecular weight is 190 g/mol. The van der Waals surface area contributed by atoms with E-state index < -0.39 is 0 Å². The molecule has 1 heterocycles. The zero-order valence-corrected chi connectivity index (χ0v) is 8.21. The number of alkyl halides is 1. The highest BCUT2D eigenvalue weighted by atomic mass is 19.1. The average Bonchev–Trinajstić information content (AvgIpc) is 2.17. The normalized spacial score (nSPS) is 30.7. The number of nitrogens with zero attached hydrogens (tertiary/aromatic N) is 1. The second-order valence-electron chi connectivity index (χ2n) is 3.58. The summed E-state index contributed by atoms with van der Waals surface area (Å²) in [5, 5.41) is 0. The number of rotatable bonds is 4. The van der Waals surface area contributed by atoms with Crippen LogP contribution in [0.3, 0.4) is 0 Å². The smallest absolute Gasteiger partial charge is 0.0906 e. The SMILES string of the molecule is CC1COC(CN)CN1CCCF. The predicted molar refractivity (Wildman–Crippen MR) is 50.4 cm³/mol. The Morgan fingerprint density at radius 3 is 3.00 bits per heavy atom. The van der Waals surface area contributed by atoms with Crippen LogP contribution in [0.4, 0.5) is 4.39 Å². The summed E-state index contributed by atoms with van der Waals surface area (Å²) < 4.78 is 17.5. The fraction of sp³-hybridized carbons (Fsp3) is 1.00. The summed E-state index contributed by atoms with van der Waals surface area (Å²) in [5.74, 6) is 0. The van der Waals surface area contributed by atoms with Crippen LogP contribution in [-0.2, 0) is 4.74 Å². The molecule has 78 valence electrons. The molecule has 4 heteroatoms. The van der Waals surface area contributed by atoms with Crippen molar-refractivity contribution in [3.05, 3.63) is 0 Å². The lowest BCUT2D eigenvalue weighted by Crippen LogP contribution is -2.50. The van der Waals surface area contributed by atoms with Gasteiger partial charge in [0.1, 0.15) is 0 Å². The van der Waals surface area contributed by atoms with Crippen molar-refractivity contribution in [3.63, 3.8) is 0 Å². The molecule has 2 unspecified atom stereocenters. The first kappa shape index (κ1) is 10.9. The Morgan fingerprint density at radius 1 is 1.62 bits per heavy atom. The molecule has 0 bridgehead atoms. The number of hydrogen-bond acceptors (Lipinski definition) is 3. The molecule has 0 aliphatic carbocycles. The lowest BCUT2D eigenvalue weighted by atomic mass is 10.2. The van der Waals surface area contributed by atoms with Crippen LogP contribution < -0.4 is 5.73 Å². The van der Waals surface area contributed by atoms with Gasteiger partial charge in [-0.2, -0.15) is 0 Å². The molecule has 1 aliphatic rings. The second-order valence-corrected chi connectivity index (χ2v) is 3.58. The molecule has 0 saturated carbocycles. The van der Waals surface area contributed by atoms with E-state index >= 15 is 0 Å². The predicted octanol–water partition coefficient (Wildman–Crippen LogP) is 0.394. The molecule has 1 rings (SSSR count). The molecule has 1 fully saturated rings. The van der Waals surface area contributed by atoms with E-state index in [0.717, 1.165) is 13.1 Å². The van der Waals surface area contributed by atoms with Crippen LogP contribution in [0.15, 0.2) is 0 Å². The van der Waals surface area contributed by atoms with E-state index in [2.05, 4.69) is 11.8 Å². The maximum Gasteiger partial charge on any atom is 0.0906 e. The number of nitrogens with two attached hydrogens (primary N) is 1. The molecule has 3 nitrogen and oxygen atoms in total. The third-order valence-electron chi connectivity index (χ3n) is 2.48. The van der Waals surface area contributed by atoms with Gasteiger partial charge in [-0.05, 0) is 13.3 Å². The monoisotopic (exact) mass is 190 g/mol. The fourth-order valence-corrected chi connectivity index (χ4v) is 1.59. The highest BCUT2D eigenvalue weighted by Crippen LogP contribution is 2.11. The van der Waals surface area contributed by atoms with Gasteiger partial charge in [-0.15, -0.1) is 0 Å². The zero-order valence-electron chi connectivity index (χ0n) is 8.21. The lowest BCUT2D eigenvalue weighted by Gasteiger charge is -2.37. The molecule has 0 aromatic heterocycles. The summed E-state index contributed by atoms with van der Waals surface area (Å²) in [5.41, 5.74) is 5.51. The van der Waals surface area contributed by atoms with Crippen LogP contribution in [0.1, 0.15) is 13.3 Å². The lowest BCUT2D eigenvalue weighted by molar-refractivity contribution is -0.0539. The quantitative estimate of drug-likeness (QED) is 0.697. The Labute approximate surface area is 79.0 Å². The van der Waals surface area contributed by atoms with Crippen molar-refractivity contribution in [3.8, 4) is 0 Å². The molecular formula is C9H19FN2O.